The molecule has 0 radical (unpaired) electrons. The van der Waals surface area contributed by atoms with Gasteiger partial charge in [-0.15, -0.1) is 0 Å². The minimum Gasteiger partial charge on any atom is -0.308 e. The van der Waals surface area contributed by atoms with E-state index in [0.29, 0.717) is 5.69 Å². The Kier molecular flexibility index (Phi) is 3.92. The predicted octanol–water partition coefficient (Wildman–Crippen LogP) is 5.91. The lowest BCUT2D eigenvalue weighted by Gasteiger charge is -2.26. The molecule has 0 amide bonds. The molecule has 0 aliphatic heterocycles. The number of aryl methyl sites for hydroxylation is 2. The third-order valence-corrected chi connectivity index (χ3v) is 3.65. The lowest BCUT2D eigenvalue weighted by atomic mass is 10.1. The third kappa shape index (κ3) is 2.86. The van der Waals surface area contributed by atoms with Gasteiger partial charge in [0.2, 0.25) is 0 Å². The van der Waals surface area contributed by atoms with Gasteiger partial charge in [-0.2, -0.15) is 0 Å². The van der Waals surface area contributed by atoms with Crippen LogP contribution in [0.2, 0.25) is 0 Å². The van der Waals surface area contributed by atoms with E-state index in [1.54, 1.807) is 6.07 Å². The van der Waals surface area contributed by atoms with Gasteiger partial charge >= 0.3 is 0 Å². The third-order valence-electron chi connectivity index (χ3n) is 3.65. The Morgan fingerprint density at radius 2 is 1.27 bits per heavy atom. The second-order valence-corrected chi connectivity index (χ2v) is 5.46. The maximum absolute atomic E-state index is 14.5. The van der Waals surface area contributed by atoms with Gasteiger partial charge in [0.05, 0.1) is 5.69 Å². The molecule has 3 aromatic rings. The van der Waals surface area contributed by atoms with Gasteiger partial charge in [-0.1, -0.05) is 42.0 Å². The summed E-state index contributed by atoms with van der Waals surface area (Å²) < 4.78 is 14.5. The van der Waals surface area contributed by atoms with Crippen LogP contribution in [0, 0.1) is 19.7 Å². The number of nitrogens with zero attached hydrogens (tertiary/aromatic N) is 1. The number of anilines is 3. The van der Waals surface area contributed by atoms with Crippen LogP contribution in [0.25, 0.3) is 0 Å². The standard InChI is InChI=1S/C20H18FN/c1-15-8-11-18(12-9-15)22(17-6-4-3-5-7-17)20-13-10-16(2)14-19(20)21/h3-14H,1-2H3. The van der Waals surface area contributed by atoms with Gasteiger partial charge in [0, 0.05) is 11.4 Å². The highest BCUT2D eigenvalue weighted by atomic mass is 19.1. The van der Waals surface area contributed by atoms with Crippen LogP contribution in [0.5, 0.6) is 0 Å². The molecule has 3 aromatic carbocycles. The van der Waals surface area contributed by atoms with E-state index in [4.69, 9.17) is 0 Å². The number of rotatable bonds is 3. The van der Waals surface area contributed by atoms with E-state index in [1.807, 2.05) is 85.5 Å². The van der Waals surface area contributed by atoms with Crippen LogP contribution in [-0.2, 0) is 0 Å². The Morgan fingerprint density at radius 1 is 0.682 bits per heavy atom. The first-order valence-corrected chi connectivity index (χ1v) is 7.33. The van der Waals surface area contributed by atoms with E-state index in [9.17, 15) is 4.39 Å². The lowest BCUT2D eigenvalue weighted by molar-refractivity contribution is 0.627. The maximum atomic E-state index is 14.5. The molecule has 0 aliphatic rings. The second kappa shape index (κ2) is 6.02. The minimum absolute atomic E-state index is 0.218. The van der Waals surface area contributed by atoms with Crippen molar-refractivity contribution in [3.05, 3.63) is 89.7 Å². The fourth-order valence-corrected chi connectivity index (χ4v) is 2.49. The van der Waals surface area contributed by atoms with Crippen molar-refractivity contribution in [1.29, 1.82) is 0 Å². The van der Waals surface area contributed by atoms with Gasteiger partial charge < -0.3 is 4.90 Å². The Bertz CT molecular complexity index is 763. The molecule has 0 N–H and O–H groups in total. The number of benzene rings is 3. The zero-order valence-electron chi connectivity index (χ0n) is 12.8. The SMILES string of the molecule is Cc1ccc(N(c2ccccc2)c2ccc(C)cc2F)cc1. The highest BCUT2D eigenvalue weighted by Gasteiger charge is 2.15. The van der Waals surface area contributed by atoms with E-state index in [0.717, 1.165) is 16.9 Å². The van der Waals surface area contributed by atoms with Crippen molar-refractivity contribution in [2.75, 3.05) is 4.90 Å². The molecular formula is C20H18FN. The number of para-hydroxylation sites is 1. The summed E-state index contributed by atoms with van der Waals surface area (Å²) in [6.07, 6.45) is 0. The van der Waals surface area contributed by atoms with Crippen molar-refractivity contribution < 1.29 is 4.39 Å². The van der Waals surface area contributed by atoms with E-state index < -0.39 is 0 Å². The largest absolute Gasteiger partial charge is 0.308 e. The number of halogens is 1. The van der Waals surface area contributed by atoms with Gasteiger partial charge in [-0.25, -0.2) is 4.39 Å². The summed E-state index contributed by atoms with van der Waals surface area (Å²) in [6.45, 7) is 3.94. The Hall–Kier alpha value is -2.61. The smallest absolute Gasteiger partial charge is 0.147 e. The normalized spacial score (nSPS) is 10.5. The van der Waals surface area contributed by atoms with Crippen molar-refractivity contribution in [1.82, 2.24) is 0 Å². The highest BCUT2D eigenvalue weighted by molar-refractivity contribution is 5.76. The van der Waals surface area contributed by atoms with E-state index in [1.165, 1.54) is 5.56 Å². The molecule has 0 saturated heterocycles. The molecule has 2 heteroatoms. The van der Waals surface area contributed by atoms with Crippen molar-refractivity contribution >= 4 is 17.1 Å². The Morgan fingerprint density at radius 3 is 1.91 bits per heavy atom. The van der Waals surface area contributed by atoms with E-state index in [-0.39, 0.29) is 5.82 Å². The van der Waals surface area contributed by atoms with Crippen molar-refractivity contribution in [3.63, 3.8) is 0 Å². The average molecular weight is 291 g/mol. The van der Waals surface area contributed by atoms with Crippen LogP contribution >= 0.6 is 0 Å². The molecule has 0 fully saturated rings. The summed E-state index contributed by atoms with van der Waals surface area (Å²) in [4.78, 5) is 1.94. The highest BCUT2D eigenvalue weighted by Crippen LogP contribution is 2.36. The second-order valence-electron chi connectivity index (χ2n) is 5.46. The molecule has 0 aliphatic carbocycles. The molecule has 0 aromatic heterocycles. The number of hydrogen-bond acceptors (Lipinski definition) is 1. The summed E-state index contributed by atoms with van der Waals surface area (Å²) in [5, 5.41) is 0. The Balaban J connectivity index is 2.17. The van der Waals surface area contributed by atoms with Crippen LogP contribution in [0.15, 0.2) is 72.8 Å². The first kappa shape index (κ1) is 14.3. The zero-order chi connectivity index (χ0) is 15.5. The van der Waals surface area contributed by atoms with Gasteiger partial charge in [-0.05, 0) is 55.8 Å². The molecule has 0 spiro atoms. The zero-order valence-corrected chi connectivity index (χ0v) is 12.8. The topological polar surface area (TPSA) is 3.24 Å². The Labute approximate surface area is 130 Å². The quantitative estimate of drug-likeness (QED) is 0.579. The first-order valence-electron chi connectivity index (χ1n) is 7.33. The molecule has 0 heterocycles. The lowest BCUT2D eigenvalue weighted by Crippen LogP contribution is -2.11. The molecule has 0 saturated carbocycles. The average Bonchev–Trinajstić information content (AvgIpc) is 2.52. The molecule has 22 heavy (non-hydrogen) atoms. The monoisotopic (exact) mass is 291 g/mol. The predicted molar refractivity (Wildman–Crippen MR) is 90.6 cm³/mol. The van der Waals surface area contributed by atoms with Crippen molar-refractivity contribution in [2.45, 2.75) is 13.8 Å². The molecule has 0 atom stereocenters. The fraction of sp³-hybridized carbons (Fsp3) is 0.100. The van der Waals surface area contributed by atoms with Gasteiger partial charge in [-0.3, -0.25) is 0 Å². The summed E-state index contributed by atoms with van der Waals surface area (Å²) >= 11 is 0. The van der Waals surface area contributed by atoms with E-state index in [2.05, 4.69) is 0 Å². The fourth-order valence-electron chi connectivity index (χ4n) is 2.49. The van der Waals surface area contributed by atoms with Crippen LogP contribution in [-0.4, -0.2) is 0 Å². The van der Waals surface area contributed by atoms with Crippen LogP contribution < -0.4 is 4.90 Å². The van der Waals surface area contributed by atoms with Crippen molar-refractivity contribution in [2.24, 2.45) is 0 Å². The molecule has 0 unspecified atom stereocenters. The van der Waals surface area contributed by atoms with Gasteiger partial charge in [0.15, 0.2) is 0 Å². The van der Waals surface area contributed by atoms with Gasteiger partial charge in [0.25, 0.3) is 0 Å². The molecule has 1 nitrogen and oxygen atoms in total. The van der Waals surface area contributed by atoms with Crippen LogP contribution in [0.3, 0.4) is 0 Å². The van der Waals surface area contributed by atoms with Crippen molar-refractivity contribution in [3.8, 4) is 0 Å². The molecule has 110 valence electrons. The summed E-state index contributed by atoms with van der Waals surface area (Å²) in [6, 6.07) is 23.3. The van der Waals surface area contributed by atoms with E-state index >= 15 is 0 Å². The first-order chi connectivity index (χ1) is 10.6. The summed E-state index contributed by atoms with van der Waals surface area (Å²) in [7, 11) is 0. The van der Waals surface area contributed by atoms with Crippen LogP contribution in [0.4, 0.5) is 21.5 Å². The maximum Gasteiger partial charge on any atom is 0.147 e. The number of hydrogen-bond donors (Lipinski definition) is 0. The molecule has 0 bridgehead atoms. The molecule has 3 rings (SSSR count). The van der Waals surface area contributed by atoms with Crippen LogP contribution in [0.1, 0.15) is 11.1 Å². The minimum atomic E-state index is -0.218. The molecular weight excluding hydrogens is 273 g/mol. The summed E-state index contributed by atoms with van der Waals surface area (Å²) in [5.74, 6) is -0.218. The summed E-state index contributed by atoms with van der Waals surface area (Å²) in [5.41, 5.74) is 4.54. The van der Waals surface area contributed by atoms with Gasteiger partial charge in [0.1, 0.15) is 5.82 Å².